The average molecular weight is 297 g/mol. The molecule has 2 aromatic rings. The summed E-state index contributed by atoms with van der Waals surface area (Å²) >= 11 is 0. The molecule has 0 saturated heterocycles. The molecule has 1 amide bonds. The topological polar surface area (TPSA) is 77.0 Å². The zero-order valence-corrected chi connectivity index (χ0v) is 12.9. The van der Waals surface area contributed by atoms with E-state index in [1.54, 1.807) is 11.1 Å². The van der Waals surface area contributed by atoms with Gasteiger partial charge in [-0.25, -0.2) is 9.67 Å². The highest BCUT2D eigenvalue weighted by atomic mass is 16.2. The van der Waals surface area contributed by atoms with Crippen molar-refractivity contribution in [2.75, 3.05) is 12.3 Å². The van der Waals surface area contributed by atoms with Gasteiger partial charge in [-0.2, -0.15) is 5.10 Å². The molecule has 0 saturated carbocycles. The predicted octanol–water partition coefficient (Wildman–Crippen LogP) is 1.79. The Morgan fingerprint density at radius 1 is 1.41 bits per heavy atom. The van der Waals surface area contributed by atoms with E-state index in [1.807, 2.05) is 11.6 Å². The van der Waals surface area contributed by atoms with Gasteiger partial charge in [-0.1, -0.05) is 6.92 Å². The molecule has 0 atom stereocenters. The molecule has 0 fully saturated rings. The van der Waals surface area contributed by atoms with E-state index in [0.29, 0.717) is 30.8 Å². The van der Waals surface area contributed by atoms with Crippen LogP contribution in [0.5, 0.6) is 0 Å². The third-order valence-electron chi connectivity index (χ3n) is 3.86. The molecule has 6 nitrogen and oxygen atoms in total. The summed E-state index contributed by atoms with van der Waals surface area (Å²) in [6.45, 7) is 5.79. The summed E-state index contributed by atoms with van der Waals surface area (Å²) in [4.78, 5) is 18.9. The number of hydrogen-bond donors (Lipinski definition) is 1. The van der Waals surface area contributed by atoms with Gasteiger partial charge in [0.05, 0.1) is 41.6 Å². The number of nitrogen functional groups attached to an aromatic ring is 1. The first kappa shape index (κ1) is 14.4. The smallest absolute Gasteiger partial charge is 0.258 e. The van der Waals surface area contributed by atoms with E-state index in [4.69, 9.17) is 5.73 Å². The number of aromatic nitrogens is 3. The van der Waals surface area contributed by atoms with Gasteiger partial charge in [0, 0.05) is 13.0 Å². The van der Waals surface area contributed by atoms with Crippen molar-refractivity contribution in [1.82, 2.24) is 19.7 Å². The first-order valence-electron chi connectivity index (χ1n) is 7.50. The van der Waals surface area contributed by atoms with E-state index in [1.165, 1.54) is 0 Å². The van der Waals surface area contributed by atoms with Crippen molar-refractivity contribution in [3.05, 3.63) is 17.5 Å². The second kappa shape index (κ2) is 5.68. The predicted molar refractivity (Wildman–Crippen MR) is 85.0 cm³/mol. The minimum Gasteiger partial charge on any atom is -0.397 e. The lowest BCUT2D eigenvalue weighted by molar-refractivity contribution is 0.0779. The SMILES string of the molecule is CC#CCCn1ncc2c(N)c3c(nc21)CN(CCC)C3=O. The lowest BCUT2D eigenvalue weighted by Crippen LogP contribution is -2.24. The van der Waals surface area contributed by atoms with Gasteiger partial charge < -0.3 is 10.6 Å². The van der Waals surface area contributed by atoms with Crippen molar-refractivity contribution < 1.29 is 4.79 Å². The Hall–Kier alpha value is -2.55. The fourth-order valence-corrected chi connectivity index (χ4v) is 2.83. The molecule has 6 heteroatoms. The van der Waals surface area contributed by atoms with Gasteiger partial charge in [0.2, 0.25) is 0 Å². The molecule has 0 aliphatic carbocycles. The van der Waals surface area contributed by atoms with Crippen LogP contribution in [-0.2, 0) is 13.1 Å². The van der Waals surface area contributed by atoms with Crippen molar-refractivity contribution in [2.24, 2.45) is 0 Å². The number of pyridine rings is 1. The molecule has 1 aliphatic heterocycles. The van der Waals surface area contributed by atoms with E-state index < -0.39 is 0 Å². The Balaban J connectivity index is 2.03. The second-order valence-corrected chi connectivity index (χ2v) is 5.36. The van der Waals surface area contributed by atoms with E-state index in [9.17, 15) is 4.79 Å². The summed E-state index contributed by atoms with van der Waals surface area (Å²) in [7, 11) is 0. The fraction of sp³-hybridized carbons (Fsp3) is 0.438. The Kier molecular flexibility index (Phi) is 3.72. The maximum absolute atomic E-state index is 12.4. The summed E-state index contributed by atoms with van der Waals surface area (Å²) in [5.74, 6) is 5.87. The number of aryl methyl sites for hydroxylation is 1. The number of hydrogen-bond acceptors (Lipinski definition) is 4. The van der Waals surface area contributed by atoms with Crippen LogP contribution in [-0.4, -0.2) is 32.1 Å². The van der Waals surface area contributed by atoms with Gasteiger partial charge in [-0.3, -0.25) is 4.79 Å². The molecule has 0 aromatic carbocycles. The lowest BCUT2D eigenvalue weighted by Gasteiger charge is -2.13. The summed E-state index contributed by atoms with van der Waals surface area (Å²) in [6.07, 6.45) is 3.32. The zero-order valence-electron chi connectivity index (χ0n) is 12.9. The number of carbonyl (C=O) groups is 1. The second-order valence-electron chi connectivity index (χ2n) is 5.36. The van der Waals surface area contributed by atoms with Crippen LogP contribution in [0.25, 0.3) is 11.0 Å². The number of anilines is 1. The number of rotatable bonds is 4. The molecule has 0 spiro atoms. The summed E-state index contributed by atoms with van der Waals surface area (Å²) in [5, 5.41) is 5.08. The van der Waals surface area contributed by atoms with E-state index in [0.717, 1.165) is 29.7 Å². The van der Waals surface area contributed by atoms with E-state index >= 15 is 0 Å². The summed E-state index contributed by atoms with van der Waals surface area (Å²) in [6, 6.07) is 0. The normalized spacial score (nSPS) is 13.4. The highest BCUT2D eigenvalue weighted by molar-refractivity contribution is 6.08. The quantitative estimate of drug-likeness (QED) is 0.873. The van der Waals surface area contributed by atoms with Gasteiger partial charge in [-0.05, 0) is 13.3 Å². The molecular weight excluding hydrogens is 278 g/mol. The molecule has 2 aromatic heterocycles. The molecule has 3 rings (SSSR count). The molecular formula is C16H19N5O. The van der Waals surface area contributed by atoms with Gasteiger partial charge in [-0.15, -0.1) is 11.8 Å². The fourth-order valence-electron chi connectivity index (χ4n) is 2.83. The Morgan fingerprint density at radius 3 is 2.95 bits per heavy atom. The minimum atomic E-state index is -0.0200. The standard InChI is InChI=1S/C16H19N5O/c1-3-5-6-8-21-15-11(9-18-21)14(17)13-12(19-15)10-20(7-4-2)16(13)22/h9H,4,6-8,10H2,1-2H3,(H2,17,19). The molecule has 1 aliphatic rings. The number of nitrogens with two attached hydrogens (primary N) is 1. The largest absolute Gasteiger partial charge is 0.397 e. The molecule has 22 heavy (non-hydrogen) atoms. The Morgan fingerprint density at radius 2 is 2.23 bits per heavy atom. The molecule has 3 heterocycles. The van der Waals surface area contributed by atoms with Crippen molar-refractivity contribution in [2.45, 2.75) is 39.8 Å². The van der Waals surface area contributed by atoms with Gasteiger partial charge in [0.15, 0.2) is 5.65 Å². The van der Waals surface area contributed by atoms with Crippen LogP contribution < -0.4 is 5.73 Å². The molecule has 2 N–H and O–H groups in total. The highest BCUT2D eigenvalue weighted by Gasteiger charge is 2.32. The number of amides is 1. The van der Waals surface area contributed by atoms with Crippen molar-refractivity contribution in [1.29, 1.82) is 0 Å². The van der Waals surface area contributed by atoms with Crippen LogP contribution in [0.1, 0.15) is 42.7 Å². The van der Waals surface area contributed by atoms with Crippen molar-refractivity contribution in [3.63, 3.8) is 0 Å². The van der Waals surface area contributed by atoms with Crippen LogP contribution in [0.3, 0.4) is 0 Å². The third kappa shape index (κ3) is 2.19. The van der Waals surface area contributed by atoms with Crippen LogP contribution in [0.4, 0.5) is 5.69 Å². The Labute approximate surface area is 129 Å². The van der Waals surface area contributed by atoms with E-state index in [2.05, 4.69) is 28.8 Å². The van der Waals surface area contributed by atoms with Crippen LogP contribution >= 0.6 is 0 Å². The lowest BCUT2D eigenvalue weighted by atomic mass is 10.1. The number of carbonyl (C=O) groups excluding carboxylic acids is 1. The van der Waals surface area contributed by atoms with Gasteiger partial charge in [0.25, 0.3) is 5.91 Å². The first-order chi connectivity index (χ1) is 10.7. The van der Waals surface area contributed by atoms with E-state index in [-0.39, 0.29) is 5.91 Å². The van der Waals surface area contributed by atoms with Gasteiger partial charge >= 0.3 is 0 Å². The minimum absolute atomic E-state index is 0.0200. The molecule has 0 unspecified atom stereocenters. The summed E-state index contributed by atoms with van der Waals surface area (Å²) in [5.41, 5.74) is 8.76. The summed E-state index contributed by atoms with van der Waals surface area (Å²) < 4.78 is 1.81. The van der Waals surface area contributed by atoms with Crippen LogP contribution in [0, 0.1) is 11.8 Å². The molecule has 114 valence electrons. The third-order valence-corrected chi connectivity index (χ3v) is 3.86. The van der Waals surface area contributed by atoms with Crippen LogP contribution in [0.15, 0.2) is 6.20 Å². The zero-order chi connectivity index (χ0) is 15.7. The van der Waals surface area contributed by atoms with Gasteiger partial charge in [0.1, 0.15) is 0 Å². The van der Waals surface area contributed by atoms with Crippen molar-refractivity contribution in [3.8, 4) is 11.8 Å². The molecule has 0 bridgehead atoms. The highest BCUT2D eigenvalue weighted by Crippen LogP contribution is 2.32. The number of fused-ring (bicyclic) bond motifs is 2. The average Bonchev–Trinajstić information content (AvgIpc) is 3.03. The van der Waals surface area contributed by atoms with Crippen molar-refractivity contribution >= 4 is 22.6 Å². The molecule has 0 radical (unpaired) electrons. The number of nitrogens with zero attached hydrogens (tertiary/aromatic N) is 4. The Bertz CT molecular complexity index is 796. The first-order valence-corrected chi connectivity index (χ1v) is 7.50. The maximum atomic E-state index is 12.4. The maximum Gasteiger partial charge on any atom is 0.258 e. The van der Waals surface area contributed by atoms with Crippen LogP contribution in [0.2, 0.25) is 0 Å². The monoisotopic (exact) mass is 297 g/mol.